The molecule has 1 aliphatic rings. The van der Waals surface area contributed by atoms with Crippen LogP contribution in [0.25, 0.3) is 0 Å². The first-order chi connectivity index (χ1) is 14.0. The Bertz CT molecular complexity index is 1050. The van der Waals surface area contributed by atoms with Crippen LogP contribution in [0.5, 0.6) is 5.75 Å². The first-order valence-corrected chi connectivity index (χ1v) is 10.2. The van der Waals surface area contributed by atoms with Crippen molar-refractivity contribution in [3.05, 3.63) is 70.2 Å². The van der Waals surface area contributed by atoms with Crippen molar-refractivity contribution in [2.45, 2.75) is 19.4 Å². The molecular weight excluding hydrogens is 410 g/mol. The predicted octanol–water partition coefficient (Wildman–Crippen LogP) is 4.14. The number of rotatable bonds is 5. The summed E-state index contributed by atoms with van der Waals surface area (Å²) in [4.78, 5) is 31.8. The van der Waals surface area contributed by atoms with Gasteiger partial charge in [-0.3, -0.25) is 14.5 Å². The van der Waals surface area contributed by atoms with Gasteiger partial charge in [0, 0.05) is 22.5 Å². The molecule has 8 heteroatoms. The molecule has 0 aliphatic carbocycles. The highest BCUT2D eigenvalue weighted by molar-refractivity contribution is 7.15. The van der Waals surface area contributed by atoms with Gasteiger partial charge in [-0.1, -0.05) is 35.9 Å². The second-order valence-electron chi connectivity index (χ2n) is 6.64. The Labute approximate surface area is 177 Å². The van der Waals surface area contributed by atoms with Crippen LogP contribution in [-0.2, 0) is 16.0 Å². The Balaban J connectivity index is 1.42. The normalized spacial score (nSPS) is 15.6. The summed E-state index contributed by atoms with van der Waals surface area (Å²) in [5, 5.41) is 3.98. The molecule has 4 rings (SSSR count). The van der Waals surface area contributed by atoms with E-state index in [1.807, 2.05) is 30.3 Å². The lowest BCUT2D eigenvalue weighted by atomic mass is 10.1. The van der Waals surface area contributed by atoms with Crippen molar-refractivity contribution in [3.8, 4) is 5.75 Å². The van der Waals surface area contributed by atoms with E-state index in [1.54, 1.807) is 31.3 Å². The maximum absolute atomic E-state index is 12.6. The van der Waals surface area contributed by atoms with Gasteiger partial charge in [0.25, 0.3) is 5.91 Å². The molecule has 1 N–H and O–H groups in total. The first-order valence-electron chi connectivity index (χ1n) is 9.05. The molecular formula is C21H18ClN3O3S. The summed E-state index contributed by atoms with van der Waals surface area (Å²) in [6.45, 7) is 1.57. The number of carbonyl (C=O) groups is 2. The Morgan fingerprint density at radius 1 is 1.24 bits per heavy atom. The van der Waals surface area contributed by atoms with Gasteiger partial charge in [0.15, 0.2) is 11.2 Å². The molecule has 0 radical (unpaired) electrons. The molecule has 0 bridgehead atoms. The van der Waals surface area contributed by atoms with Gasteiger partial charge in [-0.25, -0.2) is 4.98 Å². The molecule has 3 aromatic rings. The number of ether oxygens (including phenoxy) is 1. The fraction of sp³-hybridized carbons (Fsp3) is 0.190. The van der Waals surface area contributed by atoms with Crippen molar-refractivity contribution in [1.29, 1.82) is 0 Å². The van der Waals surface area contributed by atoms with Crippen molar-refractivity contribution in [1.82, 2.24) is 4.98 Å². The van der Waals surface area contributed by atoms with Crippen LogP contribution in [0.1, 0.15) is 17.4 Å². The number of hydrogen-bond acceptors (Lipinski definition) is 5. The number of nitrogens with one attached hydrogen (secondary N) is 1. The number of halogens is 1. The van der Waals surface area contributed by atoms with Crippen LogP contribution in [0.3, 0.4) is 0 Å². The zero-order chi connectivity index (χ0) is 20.4. The van der Waals surface area contributed by atoms with Crippen LogP contribution in [-0.4, -0.2) is 29.4 Å². The lowest BCUT2D eigenvalue weighted by Crippen LogP contribution is -2.47. The van der Waals surface area contributed by atoms with Gasteiger partial charge < -0.3 is 10.1 Å². The number of carbonyl (C=O) groups excluding carboxylic acids is 2. The second kappa shape index (κ2) is 8.23. The maximum Gasteiger partial charge on any atom is 0.268 e. The average molecular weight is 428 g/mol. The van der Waals surface area contributed by atoms with Gasteiger partial charge in [-0.15, -0.1) is 11.3 Å². The molecule has 6 nitrogen and oxygen atoms in total. The van der Waals surface area contributed by atoms with E-state index >= 15 is 0 Å². The minimum Gasteiger partial charge on any atom is -0.479 e. The Kier molecular flexibility index (Phi) is 5.51. The summed E-state index contributed by atoms with van der Waals surface area (Å²) in [5.74, 6) is 0.0305. The Hall–Kier alpha value is -2.90. The Morgan fingerprint density at radius 3 is 2.79 bits per heavy atom. The smallest absolute Gasteiger partial charge is 0.268 e. The van der Waals surface area contributed by atoms with E-state index in [0.29, 0.717) is 28.0 Å². The second-order valence-corrected chi connectivity index (χ2v) is 8.19. The monoisotopic (exact) mass is 427 g/mol. The van der Waals surface area contributed by atoms with Crippen LogP contribution in [0, 0.1) is 0 Å². The quantitative estimate of drug-likeness (QED) is 0.664. The van der Waals surface area contributed by atoms with Gasteiger partial charge >= 0.3 is 0 Å². The lowest BCUT2D eigenvalue weighted by Gasteiger charge is -2.32. The third-order valence-electron chi connectivity index (χ3n) is 4.47. The van der Waals surface area contributed by atoms with Gasteiger partial charge in [0.2, 0.25) is 5.91 Å². The van der Waals surface area contributed by atoms with E-state index in [0.717, 1.165) is 10.4 Å². The van der Waals surface area contributed by atoms with Crippen molar-refractivity contribution < 1.29 is 14.3 Å². The summed E-state index contributed by atoms with van der Waals surface area (Å²) in [7, 11) is 0. The maximum atomic E-state index is 12.6. The minimum absolute atomic E-state index is 0.102. The van der Waals surface area contributed by atoms with E-state index in [9.17, 15) is 9.59 Å². The molecule has 1 aromatic heterocycles. The molecule has 2 aromatic carbocycles. The standard InChI is InChI=1S/C21H18ClN3O3S/c1-13-20(27)25(17-4-2-3-5-18(17)28-13)12-19(26)24-21-23-11-16(29-21)10-14-6-8-15(22)9-7-14/h2-9,11,13H,10,12H2,1H3,(H,23,24,26). The zero-order valence-electron chi connectivity index (χ0n) is 15.6. The highest BCUT2D eigenvalue weighted by atomic mass is 35.5. The molecule has 1 atom stereocenters. The molecule has 1 aliphatic heterocycles. The van der Waals surface area contributed by atoms with E-state index in [4.69, 9.17) is 16.3 Å². The van der Waals surface area contributed by atoms with E-state index < -0.39 is 6.10 Å². The number of anilines is 2. The van der Waals surface area contributed by atoms with E-state index in [2.05, 4.69) is 10.3 Å². The highest BCUT2D eigenvalue weighted by Gasteiger charge is 2.32. The number of thiazole rings is 1. The van der Waals surface area contributed by atoms with Crippen molar-refractivity contribution >= 4 is 45.6 Å². The van der Waals surface area contributed by atoms with Crippen LogP contribution in [0.2, 0.25) is 5.02 Å². The van der Waals surface area contributed by atoms with Crippen LogP contribution < -0.4 is 15.0 Å². The van der Waals surface area contributed by atoms with Crippen LogP contribution in [0.15, 0.2) is 54.7 Å². The highest BCUT2D eigenvalue weighted by Crippen LogP contribution is 2.33. The van der Waals surface area contributed by atoms with Crippen molar-refractivity contribution in [2.24, 2.45) is 0 Å². The number of aromatic nitrogens is 1. The molecule has 2 heterocycles. The van der Waals surface area contributed by atoms with Crippen molar-refractivity contribution in [2.75, 3.05) is 16.8 Å². The Morgan fingerprint density at radius 2 is 2.00 bits per heavy atom. The molecule has 148 valence electrons. The molecule has 2 amide bonds. The number of para-hydroxylation sites is 2. The van der Waals surface area contributed by atoms with Crippen LogP contribution >= 0.6 is 22.9 Å². The number of nitrogens with zero attached hydrogens (tertiary/aromatic N) is 2. The largest absolute Gasteiger partial charge is 0.479 e. The van der Waals surface area contributed by atoms with Gasteiger partial charge in [0.1, 0.15) is 12.3 Å². The van der Waals surface area contributed by atoms with Gasteiger partial charge in [-0.05, 0) is 36.8 Å². The van der Waals surface area contributed by atoms with E-state index in [-0.39, 0.29) is 18.4 Å². The zero-order valence-corrected chi connectivity index (χ0v) is 17.2. The predicted molar refractivity (Wildman–Crippen MR) is 114 cm³/mol. The summed E-state index contributed by atoms with van der Waals surface area (Å²) < 4.78 is 5.60. The topological polar surface area (TPSA) is 71.5 Å². The summed E-state index contributed by atoms with van der Waals surface area (Å²) >= 11 is 7.32. The molecule has 0 spiro atoms. The molecule has 1 unspecified atom stereocenters. The summed E-state index contributed by atoms with van der Waals surface area (Å²) in [5.41, 5.74) is 1.70. The van der Waals surface area contributed by atoms with E-state index in [1.165, 1.54) is 16.2 Å². The third kappa shape index (κ3) is 4.41. The number of amides is 2. The summed E-state index contributed by atoms with van der Waals surface area (Å²) in [6, 6.07) is 14.8. The fourth-order valence-corrected chi connectivity index (χ4v) is 4.06. The number of fused-ring (bicyclic) bond motifs is 1. The SMILES string of the molecule is CC1Oc2ccccc2N(CC(=O)Nc2ncc(Cc3ccc(Cl)cc3)s2)C1=O. The molecule has 0 fully saturated rings. The lowest BCUT2D eigenvalue weighted by molar-refractivity contribution is -0.127. The minimum atomic E-state index is -0.636. The third-order valence-corrected chi connectivity index (χ3v) is 5.63. The van der Waals surface area contributed by atoms with Crippen LogP contribution in [0.4, 0.5) is 10.8 Å². The number of benzene rings is 2. The number of hydrogen-bond donors (Lipinski definition) is 1. The first kappa shape index (κ1) is 19.4. The van der Waals surface area contributed by atoms with Crippen molar-refractivity contribution in [3.63, 3.8) is 0 Å². The van der Waals surface area contributed by atoms with Gasteiger partial charge in [-0.2, -0.15) is 0 Å². The average Bonchev–Trinajstić information content (AvgIpc) is 3.14. The van der Waals surface area contributed by atoms with Gasteiger partial charge in [0.05, 0.1) is 5.69 Å². The molecule has 0 saturated carbocycles. The fourth-order valence-electron chi connectivity index (χ4n) is 3.07. The molecule has 0 saturated heterocycles. The molecule has 29 heavy (non-hydrogen) atoms. The summed E-state index contributed by atoms with van der Waals surface area (Å²) in [6.07, 6.45) is 1.81.